The van der Waals surface area contributed by atoms with E-state index in [-0.39, 0.29) is 24.0 Å². The molecule has 0 N–H and O–H groups in total. The van der Waals surface area contributed by atoms with Gasteiger partial charge in [0.15, 0.2) is 0 Å². The highest BCUT2D eigenvalue weighted by Gasteiger charge is 2.25. The summed E-state index contributed by atoms with van der Waals surface area (Å²) in [6.45, 7) is 4.34. The fourth-order valence-corrected chi connectivity index (χ4v) is 3.73. The van der Waals surface area contributed by atoms with Crippen LogP contribution in [0.25, 0.3) is 0 Å². The first-order valence-electron chi connectivity index (χ1n) is 9.94. The van der Waals surface area contributed by atoms with Crippen molar-refractivity contribution >= 4 is 16.0 Å². The molecular weight excluding hydrogens is 409 g/mol. The average Bonchev–Trinajstić information content (AvgIpc) is 3.21. The summed E-state index contributed by atoms with van der Waals surface area (Å²) in [5.74, 6) is -0.771. The lowest BCUT2D eigenvalue weighted by molar-refractivity contribution is 0.0504. The van der Waals surface area contributed by atoms with E-state index in [1.165, 1.54) is 12.1 Å². The second-order valence-electron chi connectivity index (χ2n) is 7.57. The van der Waals surface area contributed by atoms with E-state index in [1.54, 1.807) is 55.1 Å². The van der Waals surface area contributed by atoms with E-state index in [9.17, 15) is 17.6 Å². The van der Waals surface area contributed by atoms with Gasteiger partial charge in [0.05, 0.1) is 16.9 Å². The minimum atomic E-state index is -3.68. The van der Waals surface area contributed by atoms with E-state index in [0.717, 1.165) is 18.4 Å². The zero-order chi connectivity index (χ0) is 21.7. The van der Waals surface area contributed by atoms with Gasteiger partial charge in [-0.05, 0) is 56.5 Å². The van der Waals surface area contributed by atoms with E-state index in [4.69, 9.17) is 8.92 Å². The van der Waals surface area contributed by atoms with E-state index < -0.39 is 27.1 Å². The Kier molecular flexibility index (Phi) is 7.10. The van der Waals surface area contributed by atoms with Gasteiger partial charge in [0, 0.05) is 19.7 Å². The minimum Gasteiger partial charge on any atom is -0.382 e. The molecule has 0 radical (unpaired) electrons. The summed E-state index contributed by atoms with van der Waals surface area (Å²) in [6.07, 6.45) is 1.70. The quantitative estimate of drug-likeness (QED) is 0.591. The highest BCUT2D eigenvalue weighted by Crippen LogP contribution is 2.21. The van der Waals surface area contributed by atoms with Crippen molar-refractivity contribution in [3.05, 3.63) is 65.5 Å². The molecular formula is C22H26FNO5S. The number of nitrogens with zero attached hydrogens (tertiary/aromatic N) is 1. The number of ether oxygens (including phenoxy) is 1. The molecule has 0 spiro atoms. The summed E-state index contributed by atoms with van der Waals surface area (Å²) in [7, 11) is -3.68. The van der Waals surface area contributed by atoms with Gasteiger partial charge in [0.1, 0.15) is 11.6 Å². The van der Waals surface area contributed by atoms with Crippen LogP contribution >= 0.6 is 0 Å². The number of carbonyl (C=O) groups excluding carboxylic acids is 1. The molecule has 1 unspecified atom stereocenters. The second-order valence-corrected chi connectivity index (χ2v) is 9.66. The van der Waals surface area contributed by atoms with Gasteiger partial charge in [-0.2, -0.15) is 8.42 Å². The fraction of sp³-hybridized carbons (Fsp3) is 0.409. The summed E-state index contributed by atoms with van der Waals surface area (Å²) in [5, 5.41) is -0.655. The molecule has 1 aliphatic rings. The third kappa shape index (κ3) is 5.58. The fourth-order valence-electron chi connectivity index (χ4n) is 3.16. The van der Waals surface area contributed by atoms with E-state index in [1.807, 2.05) is 0 Å². The molecule has 0 bridgehead atoms. The van der Waals surface area contributed by atoms with Crippen molar-refractivity contribution in [1.82, 2.24) is 4.90 Å². The predicted octanol–water partition coefficient (Wildman–Crippen LogP) is 3.76. The number of rotatable bonds is 8. The number of hydrogen-bond donors (Lipinski definition) is 0. The van der Waals surface area contributed by atoms with E-state index >= 15 is 0 Å². The molecule has 6 nitrogen and oxygen atoms in total. The summed E-state index contributed by atoms with van der Waals surface area (Å²) in [6, 6.07) is 12.4. The van der Waals surface area contributed by atoms with Crippen molar-refractivity contribution in [2.45, 2.75) is 44.6 Å². The Morgan fingerprint density at radius 1 is 1.20 bits per heavy atom. The lowest BCUT2D eigenvalue weighted by Gasteiger charge is -2.26. The lowest BCUT2D eigenvalue weighted by atomic mass is 10.1. The monoisotopic (exact) mass is 435 g/mol. The number of hydrogen-bond acceptors (Lipinski definition) is 5. The zero-order valence-electron chi connectivity index (χ0n) is 17.1. The molecule has 1 heterocycles. The molecule has 30 heavy (non-hydrogen) atoms. The van der Waals surface area contributed by atoms with Gasteiger partial charge in [0.2, 0.25) is 0 Å². The molecule has 1 fully saturated rings. The Morgan fingerprint density at radius 2 is 1.90 bits per heavy atom. The van der Waals surface area contributed by atoms with Crippen LogP contribution in [0.5, 0.6) is 5.75 Å². The number of amides is 1. The Bertz CT molecular complexity index is 969. The molecule has 0 aliphatic carbocycles. The molecule has 1 atom stereocenters. The molecule has 8 heteroatoms. The van der Waals surface area contributed by atoms with E-state index in [2.05, 4.69) is 0 Å². The van der Waals surface area contributed by atoms with Crippen molar-refractivity contribution in [3.8, 4) is 5.75 Å². The van der Waals surface area contributed by atoms with Crippen molar-refractivity contribution in [2.75, 3.05) is 13.2 Å². The summed E-state index contributed by atoms with van der Waals surface area (Å²) in [4.78, 5) is 14.6. The van der Waals surface area contributed by atoms with Crippen molar-refractivity contribution in [1.29, 1.82) is 0 Å². The molecule has 0 aromatic heterocycles. The first-order valence-corrected chi connectivity index (χ1v) is 11.4. The van der Waals surface area contributed by atoms with Crippen molar-refractivity contribution in [3.63, 3.8) is 0 Å². The molecule has 1 amide bonds. The van der Waals surface area contributed by atoms with Gasteiger partial charge >= 0.3 is 10.1 Å². The van der Waals surface area contributed by atoms with Gasteiger partial charge in [0.25, 0.3) is 5.91 Å². The van der Waals surface area contributed by atoms with Crippen LogP contribution in [-0.4, -0.2) is 43.7 Å². The summed E-state index contributed by atoms with van der Waals surface area (Å²) in [5.41, 5.74) is 0.783. The molecule has 1 aliphatic heterocycles. The maximum absolute atomic E-state index is 14.2. The van der Waals surface area contributed by atoms with E-state index in [0.29, 0.717) is 13.2 Å². The van der Waals surface area contributed by atoms with Crippen LogP contribution in [0.4, 0.5) is 4.39 Å². The molecule has 0 saturated carbocycles. The first kappa shape index (κ1) is 22.2. The Balaban J connectivity index is 1.77. The lowest BCUT2D eigenvalue weighted by Crippen LogP contribution is -2.37. The minimum absolute atomic E-state index is 0.0125. The van der Waals surface area contributed by atoms with Crippen LogP contribution in [0.15, 0.2) is 48.5 Å². The first-order chi connectivity index (χ1) is 14.3. The predicted molar refractivity (Wildman–Crippen MR) is 111 cm³/mol. The average molecular weight is 436 g/mol. The molecule has 3 rings (SSSR count). The Hall–Kier alpha value is -2.45. The van der Waals surface area contributed by atoms with Gasteiger partial charge < -0.3 is 13.8 Å². The summed E-state index contributed by atoms with van der Waals surface area (Å²) >= 11 is 0. The highest BCUT2D eigenvalue weighted by atomic mass is 32.2. The third-order valence-corrected chi connectivity index (χ3v) is 6.51. The van der Waals surface area contributed by atoms with Crippen LogP contribution in [0, 0.1) is 5.82 Å². The Labute approximate surface area is 176 Å². The summed E-state index contributed by atoms with van der Waals surface area (Å²) < 4.78 is 48.7. The van der Waals surface area contributed by atoms with Crippen LogP contribution < -0.4 is 4.18 Å². The number of carbonyl (C=O) groups is 1. The molecule has 2 aromatic rings. The standard InChI is InChI=1S/C22H26FNO5S/c1-16(2)30(26,27)29-18-11-9-17(10-12-18)14-24(15-19-6-5-13-28-19)22(25)20-7-3-4-8-21(20)23/h3-4,7-12,16,19H,5-6,13-15H2,1-2H3. The SMILES string of the molecule is CC(C)S(=O)(=O)Oc1ccc(CN(CC2CCCO2)C(=O)c2ccccc2F)cc1. The van der Waals surface area contributed by atoms with Crippen LogP contribution in [-0.2, 0) is 21.4 Å². The largest absolute Gasteiger partial charge is 0.382 e. The second kappa shape index (κ2) is 9.57. The van der Waals surface area contributed by atoms with Gasteiger partial charge in [-0.25, -0.2) is 4.39 Å². The topological polar surface area (TPSA) is 72.9 Å². The van der Waals surface area contributed by atoms with Crippen LogP contribution in [0.3, 0.4) is 0 Å². The zero-order valence-corrected chi connectivity index (χ0v) is 17.9. The van der Waals surface area contributed by atoms with Gasteiger partial charge in [-0.15, -0.1) is 0 Å². The maximum Gasteiger partial charge on any atom is 0.311 e. The highest BCUT2D eigenvalue weighted by molar-refractivity contribution is 7.87. The number of halogens is 1. The maximum atomic E-state index is 14.2. The normalized spacial score (nSPS) is 16.6. The molecule has 1 saturated heterocycles. The van der Waals surface area contributed by atoms with Gasteiger partial charge in [-0.1, -0.05) is 24.3 Å². The van der Waals surface area contributed by atoms with Crippen molar-refractivity contribution in [2.24, 2.45) is 0 Å². The molecule has 2 aromatic carbocycles. The van der Waals surface area contributed by atoms with Crippen molar-refractivity contribution < 1.29 is 26.5 Å². The smallest absolute Gasteiger partial charge is 0.311 e. The number of benzene rings is 2. The van der Waals surface area contributed by atoms with Crippen LogP contribution in [0.2, 0.25) is 0 Å². The molecule has 162 valence electrons. The Morgan fingerprint density at radius 3 is 2.50 bits per heavy atom. The van der Waals surface area contributed by atoms with Crippen LogP contribution in [0.1, 0.15) is 42.6 Å². The third-order valence-electron chi connectivity index (χ3n) is 4.93. The van der Waals surface area contributed by atoms with Gasteiger partial charge in [-0.3, -0.25) is 4.79 Å².